The van der Waals surface area contributed by atoms with Gasteiger partial charge in [0.15, 0.2) is 5.82 Å². The fraction of sp³-hybridized carbons (Fsp3) is 0.227. The van der Waals surface area contributed by atoms with Crippen LogP contribution in [0.5, 0.6) is 0 Å². The molecule has 26 heavy (non-hydrogen) atoms. The SMILES string of the molecule is O=C(c1cnc(-c2ccccc2)nc1)N1CCC[C@@H]1Cc1ccccc1. The molecule has 3 aromatic rings. The van der Waals surface area contributed by atoms with Crippen LogP contribution >= 0.6 is 0 Å². The fourth-order valence-electron chi connectivity index (χ4n) is 3.54. The molecule has 2 heterocycles. The van der Waals surface area contributed by atoms with Gasteiger partial charge in [0.1, 0.15) is 0 Å². The third-order valence-electron chi connectivity index (χ3n) is 4.88. The van der Waals surface area contributed by atoms with Crippen LogP contribution in [0.25, 0.3) is 11.4 Å². The average molecular weight is 343 g/mol. The standard InChI is InChI=1S/C22H21N3O/c26-22(19-15-23-21(24-16-19)18-10-5-2-6-11-18)25-13-7-12-20(25)14-17-8-3-1-4-9-17/h1-6,8-11,15-16,20H,7,12-14H2/t20-/m1/s1. The molecule has 1 atom stereocenters. The van der Waals surface area contributed by atoms with E-state index in [1.165, 1.54) is 5.56 Å². The zero-order valence-corrected chi connectivity index (χ0v) is 14.6. The van der Waals surface area contributed by atoms with Gasteiger partial charge in [-0.3, -0.25) is 4.79 Å². The third-order valence-corrected chi connectivity index (χ3v) is 4.88. The summed E-state index contributed by atoms with van der Waals surface area (Å²) >= 11 is 0. The second-order valence-electron chi connectivity index (χ2n) is 6.65. The van der Waals surface area contributed by atoms with Gasteiger partial charge in [0, 0.05) is 30.5 Å². The summed E-state index contributed by atoms with van der Waals surface area (Å²) in [5.41, 5.74) is 2.78. The highest BCUT2D eigenvalue weighted by Crippen LogP contribution is 2.23. The molecular formula is C22H21N3O. The summed E-state index contributed by atoms with van der Waals surface area (Å²) in [5, 5.41) is 0. The average Bonchev–Trinajstić information content (AvgIpc) is 3.17. The van der Waals surface area contributed by atoms with Gasteiger partial charge >= 0.3 is 0 Å². The van der Waals surface area contributed by atoms with Gasteiger partial charge in [-0.25, -0.2) is 9.97 Å². The lowest BCUT2D eigenvalue weighted by Gasteiger charge is -2.24. The summed E-state index contributed by atoms with van der Waals surface area (Å²) in [5.74, 6) is 0.674. The van der Waals surface area contributed by atoms with Crippen molar-refractivity contribution >= 4 is 5.91 Å². The fourth-order valence-corrected chi connectivity index (χ4v) is 3.54. The molecule has 4 rings (SSSR count). The maximum absolute atomic E-state index is 12.9. The number of carbonyl (C=O) groups excluding carboxylic acids is 1. The van der Waals surface area contributed by atoms with Crippen molar-refractivity contribution in [1.29, 1.82) is 0 Å². The number of carbonyl (C=O) groups is 1. The molecule has 0 spiro atoms. The zero-order chi connectivity index (χ0) is 17.8. The summed E-state index contributed by atoms with van der Waals surface area (Å²) in [4.78, 5) is 23.7. The van der Waals surface area contributed by atoms with Crippen LogP contribution in [0.3, 0.4) is 0 Å². The molecule has 2 aromatic carbocycles. The smallest absolute Gasteiger partial charge is 0.257 e. The third kappa shape index (κ3) is 3.49. The lowest BCUT2D eigenvalue weighted by atomic mass is 10.0. The van der Waals surface area contributed by atoms with Crippen LogP contribution in [-0.4, -0.2) is 33.4 Å². The normalized spacial score (nSPS) is 16.6. The molecule has 4 nitrogen and oxygen atoms in total. The minimum absolute atomic E-state index is 0.0306. The van der Waals surface area contributed by atoms with Crippen molar-refractivity contribution in [3.8, 4) is 11.4 Å². The van der Waals surface area contributed by atoms with E-state index in [1.54, 1.807) is 12.4 Å². The maximum atomic E-state index is 12.9. The van der Waals surface area contributed by atoms with Crippen molar-refractivity contribution in [3.05, 3.63) is 84.2 Å². The number of hydrogen-bond donors (Lipinski definition) is 0. The molecule has 1 fully saturated rings. The Morgan fingerprint density at radius 1 is 0.962 bits per heavy atom. The van der Waals surface area contributed by atoms with Crippen LogP contribution in [-0.2, 0) is 6.42 Å². The zero-order valence-electron chi connectivity index (χ0n) is 14.6. The number of likely N-dealkylation sites (tertiary alicyclic amines) is 1. The number of nitrogens with zero attached hydrogens (tertiary/aromatic N) is 3. The molecule has 0 N–H and O–H groups in total. The summed E-state index contributed by atoms with van der Waals surface area (Å²) in [6.45, 7) is 0.802. The molecule has 1 aliphatic rings. The first kappa shape index (κ1) is 16.5. The number of rotatable bonds is 4. The van der Waals surface area contributed by atoms with Crippen LogP contribution < -0.4 is 0 Å². The highest BCUT2D eigenvalue weighted by molar-refractivity contribution is 5.94. The lowest BCUT2D eigenvalue weighted by molar-refractivity contribution is 0.0735. The van der Waals surface area contributed by atoms with Gasteiger partial charge in [0.05, 0.1) is 5.56 Å². The highest BCUT2D eigenvalue weighted by Gasteiger charge is 2.29. The van der Waals surface area contributed by atoms with Crippen LogP contribution in [0.15, 0.2) is 73.1 Å². The summed E-state index contributed by atoms with van der Waals surface area (Å²) in [6, 6.07) is 20.4. The minimum Gasteiger partial charge on any atom is -0.335 e. The Kier molecular flexibility index (Phi) is 4.73. The van der Waals surface area contributed by atoms with Crippen LogP contribution in [0.2, 0.25) is 0 Å². The molecule has 0 bridgehead atoms. The molecule has 0 aliphatic carbocycles. The van der Waals surface area contributed by atoms with E-state index in [9.17, 15) is 4.79 Å². The van der Waals surface area contributed by atoms with Gasteiger partial charge < -0.3 is 4.90 Å². The van der Waals surface area contributed by atoms with E-state index in [0.717, 1.165) is 31.4 Å². The van der Waals surface area contributed by atoms with Gasteiger partial charge in [-0.05, 0) is 24.8 Å². The summed E-state index contributed by atoms with van der Waals surface area (Å²) in [7, 11) is 0. The van der Waals surface area contributed by atoms with Gasteiger partial charge in [-0.2, -0.15) is 0 Å². The predicted octanol–water partition coefficient (Wildman–Crippen LogP) is 3.99. The number of hydrogen-bond acceptors (Lipinski definition) is 3. The molecule has 0 saturated carbocycles. The number of benzene rings is 2. The maximum Gasteiger partial charge on any atom is 0.257 e. The second-order valence-corrected chi connectivity index (χ2v) is 6.65. The highest BCUT2D eigenvalue weighted by atomic mass is 16.2. The molecular weight excluding hydrogens is 322 g/mol. The van der Waals surface area contributed by atoms with E-state index >= 15 is 0 Å². The van der Waals surface area contributed by atoms with Gasteiger partial charge in [0.2, 0.25) is 0 Å². The predicted molar refractivity (Wildman–Crippen MR) is 102 cm³/mol. The Labute approximate surface area is 153 Å². The van der Waals surface area contributed by atoms with E-state index < -0.39 is 0 Å². The molecule has 4 heteroatoms. The van der Waals surface area contributed by atoms with Gasteiger partial charge in [-0.1, -0.05) is 60.7 Å². The number of amides is 1. The first-order valence-electron chi connectivity index (χ1n) is 9.03. The van der Waals surface area contributed by atoms with Crippen molar-refractivity contribution in [3.63, 3.8) is 0 Å². The van der Waals surface area contributed by atoms with Crippen molar-refractivity contribution in [2.45, 2.75) is 25.3 Å². The molecule has 0 unspecified atom stereocenters. The van der Waals surface area contributed by atoms with Crippen LogP contribution in [0.4, 0.5) is 0 Å². The van der Waals surface area contributed by atoms with Crippen LogP contribution in [0.1, 0.15) is 28.8 Å². The van der Waals surface area contributed by atoms with E-state index in [-0.39, 0.29) is 11.9 Å². The lowest BCUT2D eigenvalue weighted by Crippen LogP contribution is -2.37. The molecule has 0 radical (unpaired) electrons. The van der Waals surface area contributed by atoms with Gasteiger partial charge in [0.25, 0.3) is 5.91 Å². The van der Waals surface area contributed by atoms with Crippen LogP contribution in [0, 0.1) is 0 Å². The van der Waals surface area contributed by atoms with Crippen molar-refractivity contribution in [2.24, 2.45) is 0 Å². The van der Waals surface area contributed by atoms with E-state index in [0.29, 0.717) is 11.4 Å². The molecule has 1 saturated heterocycles. The topological polar surface area (TPSA) is 46.1 Å². The van der Waals surface area contributed by atoms with Crippen molar-refractivity contribution in [1.82, 2.24) is 14.9 Å². The van der Waals surface area contributed by atoms with Crippen molar-refractivity contribution in [2.75, 3.05) is 6.54 Å². The first-order chi connectivity index (χ1) is 12.8. The largest absolute Gasteiger partial charge is 0.335 e. The summed E-state index contributed by atoms with van der Waals surface area (Å²) in [6.07, 6.45) is 6.29. The number of aromatic nitrogens is 2. The summed E-state index contributed by atoms with van der Waals surface area (Å²) < 4.78 is 0. The minimum atomic E-state index is 0.0306. The van der Waals surface area contributed by atoms with E-state index in [2.05, 4.69) is 22.1 Å². The molecule has 1 aromatic heterocycles. The Balaban J connectivity index is 1.49. The van der Waals surface area contributed by atoms with E-state index in [1.807, 2.05) is 53.4 Å². The van der Waals surface area contributed by atoms with Gasteiger partial charge in [-0.15, -0.1) is 0 Å². The molecule has 1 amide bonds. The molecule has 130 valence electrons. The Hall–Kier alpha value is -3.01. The second kappa shape index (κ2) is 7.48. The Bertz CT molecular complexity index is 863. The molecule has 1 aliphatic heterocycles. The quantitative estimate of drug-likeness (QED) is 0.719. The Morgan fingerprint density at radius 3 is 2.31 bits per heavy atom. The Morgan fingerprint density at radius 2 is 1.62 bits per heavy atom. The first-order valence-corrected chi connectivity index (χ1v) is 9.03. The van der Waals surface area contributed by atoms with E-state index in [4.69, 9.17) is 0 Å². The van der Waals surface area contributed by atoms with Crippen molar-refractivity contribution < 1.29 is 4.79 Å². The monoisotopic (exact) mass is 343 g/mol.